The molecule has 0 aromatic rings. The van der Waals surface area contributed by atoms with Gasteiger partial charge >= 0.3 is 0 Å². The zero-order valence-corrected chi connectivity index (χ0v) is 4.44. The first-order valence-corrected chi connectivity index (χ1v) is 2.64. The Balaban J connectivity index is 2.09. The number of hydrogen-bond donors (Lipinski definition) is 1. The van der Waals surface area contributed by atoms with Gasteiger partial charge in [-0.2, -0.15) is 0 Å². The van der Waals surface area contributed by atoms with E-state index in [0.717, 1.165) is 12.0 Å². The molecule has 36 valence electrons. The van der Waals surface area contributed by atoms with Crippen molar-refractivity contribution in [1.29, 1.82) is 0 Å². The van der Waals surface area contributed by atoms with Gasteiger partial charge in [0.2, 0.25) is 0 Å². The number of quaternary nitrogens is 1. The average Bonchev–Trinajstić information content (AvgIpc) is 2.19. The van der Waals surface area contributed by atoms with Crippen molar-refractivity contribution in [3.05, 3.63) is 0 Å². The van der Waals surface area contributed by atoms with Gasteiger partial charge in [0.05, 0.1) is 13.1 Å². The van der Waals surface area contributed by atoms with Crippen LogP contribution >= 0.6 is 0 Å². The van der Waals surface area contributed by atoms with Gasteiger partial charge in [-0.15, -0.1) is 0 Å². The Morgan fingerprint density at radius 2 is 2.17 bits per heavy atom. The highest BCUT2D eigenvalue weighted by Crippen LogP contribution is 2.24. The highest BCUT2D eigenvalue weighted by Gasteiger charge is 2.34. The highest BCUT2D eigenvalue weighted by atomic mass is 14.9. The molecule has 0 heterocycles. The molecule has 1 saturated carbocycles. The van der Waals surface area contributed by atoms with Gasteiger partial charge in [0.15, 0.2) is 0 Å². The molecule has 1 aliphatic rings. The summed E-state index contributed by atoms with van der Waals surface area (Å²) >= 11 is 0. The summed E-state index contributed by atoms with van der Waals surface area (Å²) < 4.78 is 0. The first-order valence-electron chi connectivity index (χ1n) is 2.64. The molecule has 2 unspecified atom stereocenters. The van der Waals surface area contributed by atoms with Gasteiger partial charge in [0.25, 0.3) is 0 Å². The third kappa shape index (κ3) is 0.548. The van der Waals surface area contributed by atoms with Crippen LogP contribution in [0.4, 0.5) is 0 Å². The van der Waals surface area contributed by atoms with Crippen LogP contribution in [0.25, 0.3) is 0 Å². The fourth-order valence-corrected chi connectivity index (χ4v) is 0.815. The molecule has 0 aromatic heterocycles. The zero-order chi connectivity index (χ0) is 4.57. The third-order valence-electron chi connectivity index (χ3n) is 1.60. The van der Waals surface area contributed by atoms with Crippen LogP contribution in [-0.2, 0) is 0 Å². The summed E-state index contributed by atoms with van der Waals surface area (Å²) in [5.41, 5.74) is 0. The smallest absolute Gasteiger partial charge is 0.0890 e. The Labute approximate surface area is 38.7 Å². The molecule has 0 saturated heterocycles. The quantitative estimate of drug-likeness (QED) is 0.446. The van der Waals surface area contributed by atoms with Crippen molar-refractivity contribution in [1.82, 2.24) is 0 Å². The van der Waals surface area contributed by atoms with Crippen molar-refractivity contribution in [2.45, 2.75) is 19.4 Å². The van der Waals surface area contributed by atoms with Crippen molar-refractivity contribution in [2.24, 2.45) is 5.92 Å². The SMILES string of the molecule is C[NH2+]C1CC1C. The van der Waals surface area contributed by atoms with E-state index in [2.05, 4.69) is 19.3 Å². The van der Waals surface area contributed by atoms with E-state index in [1.807, 2.05) is 0 Å². The maximum Gasteiger partial charge on any atom is 0.0890 e. The van der Waals surface area contributed by atoms with Gasteiger partial charge in [-0.3, -0.25) is 0 Å². The van der Waals surface area contributed by atoms with Gasteiger partial charge in [-0.1, -0.05) is 6.92 Å². The lowest BCUT2D eigenvalue weighted by molar-refractivity contribution is -0.643. The van der Waals surface area contributed by atoms with Crippen LogP contribution in [0.5, 0.6) is 0 Å². The summed E-state index contributed by atoms with van der Waals surface area (Å²) in [7, 11) is 2.15. The fourth-order valence-electron chi connectivity index (χ4n) is 0.815. The molecular weight excluding hydrogens is 74.1 g/mol. The van der Waals surface area contributed by atoms with Crippen molar-refractivity contribution in [3.8, 4) is 0 Å². The van der Waals surface area contributed by atoms with E-state index in [-0.39, 0.29) is 0 Å². The van der Waals surface area contributed by atoms with E-state index >= 15 is 0 Å². The van der Waals surface area contributed by atoms with Crippen LogP contribution in [-0.4, -0.2) is 13.1 Å². The molecule has 1 aliphatic carbocycles. The average molecular weight is 86.2 g/mol. The Hall–Kier alpha value is -0.0400. The molecule has 2 N–H and O–H groups in total. The predicted molar refractivity (Wildman–Crippen MR) is 25.4 cm³/mol. The first kappa shape index (κ1) is 4.13. The minimum Gasteiger partial charge on any atom is -0.346 e. The summed E-state index contributed by atoms with van der Waals surface area (Å²) in [6.07, 6.45) is 1.44. The van der Waals surface area contributed by atoms with Crippen molar-refractivity contribution in [3.63, 3.8) is 0 Å². The van der Waals surface area contributed by atoms with E-state index in [4.69, 9.17) is 0 Å². The lowest BCUT2D eigenvalue weighted by Gasteiger charge is -1.81. The predicted octanol–water partition coefficient (Wildman–Crippen LogP) is -0.412. The molecule has 1 rings (SSSR count). The van der Waals surface area contributed by atoms with E-state index in [0.29, 0.717) is 0 Å². The molecule has 2 atom stereocenters. The normalized spacial score (nSPS) is 43.0. The Kier molecular flexibility index (Phi) is 0.845. The third-order valence-corrected chi connectivity index (χ3v) is 1.60. The van der Waals surface area contributed by atoms with Gasteiger partial charge < -0.3 is 5.32 Å². The summed E-state index contributed by atoms with van der Waals surface area (Å²) in [5.74, 6) is 1.01. The Morgan fingerprint density at radius 1 is 1.67 bits per heavy atom. The minimum atomic E-state index is 0.977. The van der Waals surface area contributed by atoms with Gasteiger partial charge in [0.1, 0.15) is 0 Å². The summed E-state index contributed by atoms with van der Waals surface area (Å²) in [4.78, 5) is 0. The molecule has 0 amide bonds. The van der Waals surface area contributed by atoms with E-state index in [1.54, 1.807) is 0 Å². The molecular formula is C5H12N+. The molecule has 0 aromatic carbocycles. The maximum absolute atomic E-state index is 2.30. The second kappa shape index (κ2) is 1.23. The molecule has 0 bridgehead atoms. The Morgan fingerprint density at radius 3 is 2.17 bits per heavy atom. The van der Waals surface area contributed by atoms with Crippen molar-refractivity contribution in [2.75, 3.05) is 7.05 Å². The highest BCUT2D eigenvalue weighted by molar-refractivity contribution is 4.79. The molecule has 0 spiro atoms. The van der Waals surface area contributed by atoms with Crippen LogP contribution in [0.15, 0.2) is 0 Å². The lowest BCUT2D eigenvalue weighted by Crippen LogP contribution is -2.82. The maximum atomic E-state index is 2.30. The molecule has 1 nitrogen and oxygen atoms in total. The summed E-state index contributed by atoms with van der Waals surface area (Å²) in [6, 6.07) is 0.977. The van der Waals surface area contributed by atoms with Crippen LogP contribution < -0.4 is 5.32 Å². The lowest BCUT2D eigenvalue weighted by atomic mass is 10.5. The van der Waals surface area contributed by atoms with Crippen molar-refractivity contribution >= 4 is 0 Å². The second-order valence-corrected chi connectivity index (χ2v) is 2.21. The molecule has 6 heavy (non-hydrogen) atoms. The fraction of sp³-hybridized carbons (Fsp3) is 1.00. The Bertz CT molecular complexity index is 49.9. The number of nitrogens with two attached hydrogens (primary N) is 1. The van der Waals surface area contributed by atoms with Crippen LogP contribution in [0.2, 0.25) is 0 Å². The summed E-state index contributed by atoms with van der Waals surface area (Å²) in [6.45, 7) is 2.30. The second-order valence-electron chi connectivity index (χ2n) is 2.21. The molecule has 0 aliphatic heterocycles. The molecule has 0 radical (unpaired) electrons. The first-order chi connectivity index (χ1) is 2.84. The largest absolute Gasteiger partial charge is 0.346 e. The van der Waals surface area contributed by atoms with Crippen molar-refractivity contribution < 1.29 is 5.32 Å². The zero-order valence-electron chi connectivity index (χ0n) is 4.44. The van der Waals surface area contributed by atoms with E-state index < -0.39 is 0 Å². The summed E-state index contributed by atoms with van der Waals surface area (Å²) in [5, 5.41) is 2.30. The topological polar surface area (TPSA) is 16.6 Å². The van der Waals surface area contributed by atoms with E-state index in [1.165, 1.54) is 6.42 Å². The number of hydrogen-bond acceptors (Lipinski definition) is 0. The standard InChI is InChI=1S/C5H11N/c1-4-3-5(4)6-2/h4-6H,3H2,1-2H3/p+1. The van der Waals surface area contributed by atoms with Gasteiger partial charge in [0, 0.05) is 12.3 Å². The van der Waals surface area contributed by atoms with E-state index in [9.17, 15) is 0 Å². The van der Waals surface area contributed by atoms with Gasteiger partial charge in [-0.25, -0.2) is 0 Å². The molecule has 1 heteroatoms. The monoisotopic (exact) mass is 86.1 g/mol. The van der Waals surface area contributed by atoms with Gasteiger partial charge in [-0.05, 0) is 0 Å². The number of rotatable bonds is 1. The van der Waals surface area contributed by atoms with Crippen LogP contribution in [0, 0.1) is 5.92 Å². The van der Waals surface area contributed by atoms with Crippen LogP contribution in [0.1, 0.15) is 13.3 Å². The molecule has 1 fully saturated rings. The minimum absolute atomic E-state index is 0.977. The van der Waals surface area contributed by atoms with Crippen LogP contribution in [0.3, 0.4) is 0 Å².